The first-order chi connectivity index (χ1) is 14.0. The minimum atomic E-state index is -3.91. The third-order valence-corrected chi connectivity index (χ3v) is 6.59. The Balaban J connectivity index is 1.64. The predicted molar refractivity (Wildman–Crippen MR) is 116 cm³/mol. The van der Waals surface area contributed by atoms with Crippen LogP contribution in [-0.4, -0.2) is 8.42 Å². The highest BCUT2D eigenvalue weighted by molar-refractivity contribution is 7.98. The van der Waals surface area contributed by atoms with Crippen LogP contribution < -0.4 is 4.72 Å². The number of furan rings is 1. The van der Waals surface area contributed by atoms with Crippen LogP contribution in [0.1, 0.15) is 5.56 Å². The number of thioether (sulfide) groups is 1. The molecule has 0 radical (unpaired) electrons. The Morgan fingerprint density at radius 3 is 2.48 bits per heavy atom. The second kappa shape index (κ2) is 8.03. The van der Waals surface area contributed by atoms with Gasteiger partial charge in [0.25, 0.3) is 10.0 Å². The predicted octanol–water partition coefficient (Wildman–Crippen LogP) is 6.08. The molecule has 0 amide bonds. The van der Waals surface area contributed by atoms with E-state index in [1.807, 2.05) is 36.4 Å². The topological polar surface area (TPSA) is 63.7 Å². The molecule has 1 heterocycles. The Bertz CT molecular complexity index is 1270. The fourth-order valence-electron chi connectivity index (χ4n) is 2.80. The van der Waals surface area contributed by atoms with Gasteiger partial charge < -0.3 is 4.42 Å². The van der Waals surface area contributed by atoms with Crippen LogP contribution in [-0.2, 0) is 15.8 Å². The molecule has 4 aromatic rings. The van der Waals surface area contributed by atoms with Crippen LogP contribution in [0.25, 0.3) is 15.8 Å². The van der Waals surface area contributed by atoms with Crippen molar-refractivity contribution < 1.29 is 12.8 Å². The van der Waals surface area contributed by atoms with E-state index in [2.05, 4.69) is 9.57 Å². The summed E-state index contributed by atoms with van der Waals surface area (Å²) < 4.78 is 33.9. The molecule has 0 aliphatic rings. The lowest BCUT2D eigenvalue weighted by Gasteiger charge is -2.12. The number of hydrogen-bond donors (Lipinski definition) is 1. The second-order valence-electron chi connectivity index (χ2n) is 6.28. The summed E-state index contributed by atoms with van der Waals surface area (Å²) >= 11 is 1.47. The van der Waals surface area contributed by atoms with E-state index in [1.165, 1.54) is 17.8 Å². The number of nitrogens with one attached hydrogen (secondary N) is 1. The molecule has 1 aromatic heterocycles. The summed E-state index contributed by atoms with van der Waals surface area (Å²) in [5, 5.41) is 0.571. The van der Waals surface area contributed by atoms with Gasteiger partial charge in [0.15, 0.2) is 5.69 Å². The summed E-state index contributed by atoms with van der Waals surface area (Å²) in [6, 6.07) is 23.4. The molecular weight excluding hydrogens is 404 g/mol. The zero-order chi connectivity index (χ0) is 20.3. The molecule has 0 saturated carbocycles. The van der Waals surface area contributed by atoms with E-state index in [0.717, 1.165) is 10.9 Å². The molecule has 0 aliphatic heterocycles. The van der Waals surface area contributed by atoms with Crippen LogP contribution in [0.15, 0.2) is 93.3 Å². The summed E-state index contributed by atoms with van der Waals surface area (Å²) in [6.45, 7) is 7.25. The number of para-hydroxylation sites is 1. The largest absolute Gasteiger partial charge is 0.443 e. The summed E-state index contributed by atoms with van der Waals surface area (Å²) in [5.74, 6) is 0.654. The Kier molecular flexibility index (Phi) is 5.30. The number of benzene rings is 3. The second-order valence-corrected chi connectivity index (χ2v) is 8.91. The SMILES string of the molecule is [C-]#[N+]c1ccc(NS(=O)(=O)c2cc3ccccc3o2)c(SCc2ccccc2)c1. The van der Waals surface area contributed by atoms with Gasteiger partial charge in [-0.1, -0.05) is 54.6 Å². The molecule has 7 heteroatoms. The van der Waals surface area contributed by atoms with Crippen molar-refractivity contribution in [2.75, 3.05) is 4.72 Å². The quantitative estimate of drug-likeness (QED) is 0.303. The average molecular weight is 421 g/mol. The van der Waals surface area contributed by atoms with Gasteiger partial charge in [-0.15, -0.1) is 11.8 Å². The average Bonchev–Trinajstić information content (AvgIpc) is 3.19. The maximum atomic E-state index is 12.9. The highest BCUT2D eigenvalue weighted by Crippen LogP contribution is 2.35. The van der Waals surface area contributed by atoms with Crippen molar-refractivity contribution in [2.45, 2.75) is 15.7 Å². The fraction of sp³-hybridized carbons (Fsp3) is 0.0455. The molecule has 0 spiro atoms. The third-order valence-electron chi connectivity index (χ3n) is 4.24. The summed E-state index contributed by atoms with van der Waals surface area (Å²) in [4.78, 5) is 4.13. The van der Waals surface area contributed by atoms with Crippen LogP contribution in [0.3, 0.4) is 0 Å². The van der Waals surface area contributed by atoms with E-state index in [0.29, 0.717) is 27.6 Å². The van der Waals surface area contributed by atoms with Gasteiger partial charge in [-0.3, -0.25) is 4.72 Å². The number of hydrogen-bond acceptors (Lipinski definition) is 4. The molecular formula is C22H16N2O3S2. The van der Waals surface area contributed by atoms with E-state index < -0.39 is 10.0 Å². The van der Waals surface area contributed by atoms with Gasteiger partial charge in [-0.25, -0.2) is 4.85 Å². The van der Waals surface area contributed by atoms with E-state index in [1.54, 1.807) is 36.4 Å². The standard InChI is InChI=1S/C22H16N2O3S2/c1-23-18-11-12-19(21(14-18)28-15-16-7-3-2-4-8-16)24-29(25,26)22-13-17-9-5-6-10-20(17)27-22/h2-14,24H,15H2. The lowest BCUT2D eigenvalue weighted by molar-refractivity contribution is 0.484. The van der Waals surface area contributed by atoms with Crippen molar-refractivity contribution in [3.63, 3.8) is 0 Å². The molecule has 4 rings (SSSR count). The first-order valence-corrected chi connectivity index (χ1v) is 11.2. The molecule has 5 nitrogen and oxygen atoms in total. The van der Waals surface area contributed by atoms with Crippen molar-refractivity contribution >= 4 is 44.1 Å². The van der Waals surface area contributed by atoms with E-state index >= 15 is 0 Å². The number of nitrogens with zero attached hydrogens (tertiary/aromatic N) is 1. The maximum Gasteiger partial charge on any atom is 0.295 e. The van der Waals surface area contributed by atoms with E-state index in [-0.39, 0.29) is 5.09 Å². The highest BCUT2D eigenvalue weighted by Gasteiger charge is 2.21. The molecule has 0 saturated heterocycles. The van der Waals surface area contributed by atoms with Crippen molar-refractivity contribution in [3.05, 3.63) is 95.8 Å². The molecule has 1 N–H and O–H groups in total. The van der Waals surface area contributed by atoms with Gasteiger partial charge in [0, 0.05) is 22.1 Å². The Labute approximate surface area is 173 Å². The fourth-order valence-corrected chi connectivity index (χ4v) is 4.91. The summed E-state index contributed by atoms with van der Waals surface area (Å²) in [5.41, 5.74) is 2.48. The van der Waals surface area contributed by atoms with Gasteiger partial charge in [0.05, 0.1) is 12.3 Å². The first-order valence-electron chi connectivity index (χ1n) is 8.75. The van der Waals surface area contributed by atoms with Crippen LogP contribution in [0.4, 0.5) is 11.4 Å². The zero-order valence-corrected chi connectivity index (χ0v) is 16.8. The molecule has 29 heavy (non-hydrogen) atoms. The number of anilines is 1. The van der Waals surface area contributed by atoms with Crippen molar-refractivity contribution in [1.82, 2.24) is 0 Å². The van der Waals surface area contributed by atoms with Gasteiger partial charge in [-0.05, 0) is 23.8 Å². The Morgan fingerprint density at radius 1 is 0.966 bits per heavy atom. The van der Waals surface area contributed by atoms with Crippen LogP contribution in [0.5, 0.6) is 0 Å². The zero-order valence-electron chi connectivity index (χ0n) is 15.2. The first kappa shape index (κ1) is 19.1. The lowest BCUT2D eigenvalue weighted by Crippen LogP contribution is -2.12. The maximum absolute atomic E-state index is 12.9. The van der Waals surface area contributed by atoms with Gasteiger partial charge >= 0.3 is 0 Å². The molecule has 0 aliphatic carbocycles. The Morgan fingerprint density at radius 2 is 1.72 bits per heavy atom. The monoisotopic (exact) mass is 420 g/mol. The molecule has 3 aromatic carbocycles. The summed E-state index contributed by atoms with van der Waals surface area (Å²) in [6.07, 6.45) is 0. The number of sulfonamides is 1. The van der Waals surface area contributed by atoms with E-state index in [4.69, 9.17) is 11.0 Å². The van der Waals surface area contributed by atoms with Crippen LogP contribution in [0, 0.1) is 6.57 Å². The third kappa shape index (κ3) is 4.29. The highest BCUT2D eigenvalue weighted by atomic mass is 32.2. The Hall–Kier alpha value is -3.21. The van der Waals surface area contributed by atoms with Crippen molar-refractivity contribution in [2.24, 2.45) is 0 Å². The molecule has 144 valence electrons. The smallest absolute Gasteiger partial charge is 0.295 e. The van der Waals surface area contributed by atoms with E-state index in [9.17, 15) is 8.42 Å². The summed E-state index contributed by atoms with van der Waals surface area (Å²) in [7, 11) is -3.91. The molecule has 0 fully saturated rings. The van der Waals surface area contributed by atoms with Crippen LogP contribution >= 0.6 is 11.8 Å². The van der Waals surface area contributed by atoms with Crippen molar-refractivity contribution in [3.8, 4) is 0 Å². The van der Waals surface area contributed by atoms with Gasteiger partial charge in [0.2, 0.25) is 5.09 Å². The van der Waals surface area contributed by atoms with Gasteiger partial charge in [-0.2, -0.15) is 8.42 Å². The molecule has 0 atom stereocenters. The lowest BCUT2D eigenvalue weighted by atomic mass is 10.2. The normalized spacial score (nSPS) is 11.3. The van der Waals surface area contributed by atoms with Crippen LogP contribution in [0.2, 0.25) is 0 Å². The number of fused-ring (bicyclic) bond motifs is 1. The number of rotatable bonds is 6. The molecule has 0 bridgehead atoms. The van der Waals surface area contributed by atoms with Crippen molar-refractivity contribution in [1.29, 1.82) is 0 Å². The van der Waals surface area contributed by atoms with Gasteiger partial charge in [0.1, 0.15) is 5.58 Å². The molecule has 0 unspecified atom stereocenters. The minimum Gasteiger partial charge on any atom is -0.443 e. The minimum absolute atomic E-state index is 0.146.